The van der Waals surface area contributed by atoms with Crippen LogP contribution in [0.15, 0.2) is 35.3 Å². The number of alkyl halides is 3. The quantitative estimate of drug-likeness (QED) is 0.454. The van der Waals surface area contributed by atoms with Gasteiger partial charge in [-0.25, -0.2) is 9.78 Å². The van der Waals surface area contributed by atoms with Gasteiger partial charge in [-0.1, -0.05) is 0 Å². The van der Waals surface area contributed by atoms with Crippen LogP contribution in [-0.2, 0) is 17.5 Å². The molecule has 0 aliphatic carbocycles. The summed E-state index contributed by atoms with van der Waals surface area (Å²) >= 11 is 0. The number of pyridine rings is 3. The molecule has 1 amide bonds. The average molecular weight is 517 g/mol. The summed E-state index contributed by atoms with van der Waals surface area (Å²) in [5, 5.41) is 0.662. The third-order valence-corrected chi connectivity index (χ3v) is 6.41. The molecule has 198 valence electrons. The number of fused-ring (bicyclic) bond motifs is 1. The maximum absolute atomic E-state index is 13.8. The minimum atomic E-state index is -4.61. The molecule has 7 nitrogen and oxygen atoms in total. The topological polar surface area (TPSA) is 77.3 Å². The Hall–Kier alpha value is -3.43. The minimum Gasteiger partial charge on any atom is -0.444 e. The van der Waals surface area contributed by atoms with Gasteiger partial charge in [0, 0.05) is 35.9 Å². The number of piperidine rings is 1. The van der Waals surface area contributed by atoms with Crippen LogP contribution < -0.4 is 5.56 Å². The van der Waals surface area contributed by atoms with Crippen molar-refractivity contribution in [1.82, 2.24) is 19.4 Å². The summed E-state index contributed by atoms with van der Waals surface area (Å²) in [6, 6.07) is 6.45. The van der Waals surface area contributed by atoms with E-state index in [1.807, 2.05) is 6.07 Å². The van der Waals surface area contributed by atoms with E-state index in [1.54, 1.807) is 51.7 Å². The highest BCUT2D eigenvalue weighted by Gasteiger charge is 2.35. The van der Waals surface area contributed by atoms with E-state index in [2.05, 4.69) is 9.97 Å². The first kappa shape index (κ1) is 26.6. The van der Waals surface area contributed by atoms with E-state index in [-0.39, 0.29) is 18.2 Å². The number of carbonyl (C=O) groups excluding carboxylic acids is 1. The summed E-state index contributed by atoms with van der Waals surface area (Å²) in [5.74, 6) is -0.156. The van der Waals surface area contributed by atoms with Crippen LogP contribution in [-0.4, -0.2) is 44.2 Å². The van der Waals surface area contributed by atoms with E-state index >= 15 is 0 Å². The number of halogens is 3. The third-order valence-electron chi connectivity index (χ3n) is 6.41. The zero-order chi connectivity index (χ0) is 27.1. The lowest BCUT2D eigenvalue weighted by Crippen LogP contribution is -2.42. The van der Waals surface area contributed by atoms with Crippen molar-refractivity contribution in [2.75, 3.05) is 13.1 Å². The Kier molecular flexibility index (Phi) is 7.05. The van der Waals surface area contributed by atoms with Gasteiger partial charge in [0.25, 0.3) is 5.56 Å². The van der Waals surface area contributed by atoms with E-state index in [4.69, 9.17) is 4.74 Å². The lowest BCUT2D eigenvalue weighted by Gasteiger charge is -2.33. The van der Waals surface area contributed by atoms with Crippen molar-refractivity contribution in [2.24, 2.45) is 0 Å². The third kappa shape index (κ3) is 5.94. The average Bonchev–Trinajstić information content (AvgIpc) is 2.80. The van der Waals surface area contributed by atoms with Gasteiger partial charge in [0.1, 0.15) is 11.2 Å². The van der Waals surface area contributed by atoms with Gasteiger partial charge in [-0.2, -0.15) is 13.2 Å². The molecule has 10 heteroatoms. The van der Waals surface area contributed by atoms with Gasteiger partial charge in [0.05, 0.1) is 17.8 Å². The number of hydrogen-bond acceptors (Lipinski definition) is 5. The van der Waals surface area contributed by atoms with Crippen LogP contribution in [0.1, 0.15) is 67.6 Å². The summed E-state index contributed by atoms with van der Waals surface area (Å²) in [6.45, 7) is 9.20. The van der Waals surface area contributed by atoms with Gasteiger partial charge in [-0.3, -0.25) is 14.3 Å². The maximum atomic E-state index is 13.8. The molecule has 0 N–H and O–H groups in total. The van der Waals surface area contributed by atoms with Crippen LogP contribution in [0.25, 0.3) is 11.0 Å². The number of aromatic nitrogens is 3. The lowest BCUT2D eigenvalue weighted by molar-refractivity contribution is -0.138. The van der Waals surface area contributed by atoms with Crippen molar-refractivity contribution in [3.63, 3.8) is 0 Å². The first-order valence-corrected chi connectivity index (χ1v) is 12.2. The van der Waals surface area contributed by atoms with Crippen molar-refractivity contribution >= 4 is 17.1 Å². The predicted octanol–water partition coefficient (Wildman–Crippen LogP) is 5.59. The molecule has 0 bridgehead atoms. The molecule has 3 aromatic rings. The van der Waals surface area contributed by atoms with Crippen LogP contribution in [0.4, 0.5) is 18.0 Å². The Morgan fingerprint density at radius 2 is 1.78 bits per heavy atom. The summed E-state index contributed by atoms with van der Waals surface area (Å²) in [5.41, 5.74) is -0.252. The van der Waals surface area contributed by atoms with E-state index in [0.717, 1.165) is 6.07 Å². The normalized spacial score (nSPS) is 15.3. The van der Waals surface area contributed by atoms with Crippen molar-refractivity contribution in [1.29, 1.82) is 0 Å². The summed E-state index contributed by atoms with van der Waals surface area (Å²) < 4.78 is 48.2. The van der Waals surface area contributed by atoms with E-state index in [0.29, 0.717) is 53.8 Å². The second-order valence-corrected chi connectivity index (χ2v) is 10.6. The molecule has 1 fully saturated rings. The van der Waals surface area contributed by atoms with E-state index in [9.17, 15) is 22.8 Å². The Balaban J connectivity index is 1.72. The molecule has 0 aromatic carbocycles. The first-order chi connectivity index (χ1) is 17.2. The molecule has 0 spiro atoms. The van der Waals surface area contributed by atoms with Crippen LogP contribution in [0.5, 0.6) is 0 Å². The van der Waals surface area contributed by atoms with Crippen molar-refractivity contribution in [3.8, 4) is 0 Å². The fourth-order valence-corrected chi connectivity index (χ4v) is 4.62. The van der Waals surface area contributed by atoms with Crippen LogP contribution in [0.2, 0.25) is 0 Å². The number of nitrogens with zero attached hydrogens (tertiary/aromatic N) is 4. The van der Waals surface area contributed by atoms with Gasteiger partial charge in [-0.15, -0.1) is 0 Å². The fraction of sp³-hybridized carbons (Fsp3) is 0.481. The molecule has 0 unspecified atom stereocenters. The smallest absolute Gasteiger partial charge is 0.418 e. The summed E-state index contributed by atoms with van der Waals surface area (Å²) in [7, 11) is 0. The summed E-state index contributed by atoms with van der Waals surface area (Å²) in [4.78, 5) is 36.3. The lowest BCUT2D eigenvalue weighted by atomic mass is 9.89. The molecular weight excluding hydrogens is 485 g/mol. The van der Waals surface area contributed by atoms with Crippen molar-refractivity contribution in [3.05, 3.63) is 68.9 Å². The number of carbonyl (C=O) groups is 1. The molecule has 0 atom stereocenters. The van der Waals surface area contributed by atoms with Crippen LogP contribution >= 0.6 is 0 Å². The number of aryl methyl sites for hydroxylation is 2. The van der Waals surface area contributed by atoms with Gasteiger partial charge in [0.2, 0.25) is 0 Å². The molecule has 1 aliphatic heterocycles. The van der Waals surface area contributed by atoms with Crippen LogP contribution in [0, 0.1) is 13.8 Å². The Labute approximate surface area is 213 Å². The molecule has 1 saturated heterocycles. The standard InChI is InChI=1S/C27H31F3N4O3/c1-16-12-21(27(28,29)30)22(31-14-16)15-34-23-19(7-6-17(2)32-23)13-20(24(34)35)18-8-10-33(11-9-18)25(36)37-26(3,4)5/h6-7,12-14,18H,8-11,15H2,1-5H3. The van der Waals surface area contributed by atoms with Gasteiger partial charge < -0.3 is 9.64 Å². The largest absolute Gasteiger partial charge is 0.444 e. The second kappa shape index (κ2) is 9.79. The molecule has 4 heterocycles. The van der Waals surface area contributed by atoms with Crippen molar-refractivity contribution in [2.45, 2.75) is 71.7 Å². The monoisotopic (exact) mass is 516 g/mol. The number of likely N-dealkylation sites (tertiary alicyclic amines) is 1. The molecule has 4 rings (SSSR count). The number of rotatable bonds is 3. The second-order valence-electron chi connectivity index (χ2n) is 10.6. The highest BCUT2D eigenvalue weighted by atomic mass is 19.4. The highest BCUT2D eigenvalue weighted by molar-refractivity contribution is 5.76. The fourth-order valence-electron chi connectivity index (χ4n) is 4.62. The Bertz CT molecular complexity index is 1380. The number of hydrogen-bond donors (Lipinski definition) is 0. The zero-order valence-corrected chi connectivity index (χ0v) is 21.6. The molecule has 1 aliphatic rings. The minimum absolute atomic E-state index is 0.156. The van der Waals surface area contributed by atoms with Gasteiger partial charge >= 0.3 is 12.3 Å². The summed E-state index contributed by atoms with van der Waals surface area (Å²) in [6.07, 6.45) is -2.56. The molecule has 0 radical (unpaired) electrons. The maximum Gasteiger partial charge on any atom is 0.418 e. The predicted molar refractivity (Wildman–Crippen MR) is 134 cm³/mol. The number of amides is 1. The van der Waals surface area contributed by atoms with E-state index in [1.165, 1.54) is 10.8 Å². The molecule has 0 saturated carbocycles. The van der Waals surface area contributed by atoms with E-state index < -0.39 is 29.0 Å². The van der Waals surface area contributed by atoms with Crippen molar-refractivity contribution < 1.29 is 22.7 Å². The highest BCUT2D eigenvalue weighted by Crippen LogP contribution is 2.33. The number of ether oxygens (including phenoxy) is 1. The first-order valence-electron chi connectivity index (χ1n) is 12.2. The SMILES string of the molecule is Cc1cnc(Cn2c(=O)c(C3CCN(C(=O)OC(C)(C)C)CC3)cc3ccc(C)nc32)c(C(F)(F)F)c1. The van der Waals surface area contributed by atoms with Crippen LogP contribution in [0.3, 0.4) is 0 Å². The van der Waals surface area contributed by atoms with Gasteiger partial charge in [0.15, 0.2) is 0 Å². The van der Waals surface area contributed by atoms with Gasteiger partial charge in [-0.05, 0) is 83.2 Å². The molecule has 3 aromatic heterocycles. The molecular formula is C27H31F3N4O3. The zero-order valence-electron chi connectivity index (χ0n) is 21.6. The Morgan fingerprint density at radius 1 is 1.11 bits per heavy atom. The Morgan fingerprint density at radius 3 is 2.41 bits per heavy atom. The molecule has 37 heavy (non-hydrogen) atoms.